The lowest BCUT2D eigenvalue weighted by Gasteiger charge is -2.48. The zero-order valence-corrected chi connectivity index (χ0v) is 67.6. The van der Waals surface area contributed by atoms with Crippen LogP contribution in [0, 0.1) is 0 Å². The van der Waals surface area contributed by atoms with Gasteiger partial charge in [0, 0.05) is 6.42 Å². The molecule has 0 aromatic rings. The second kappa shape index (κ2) is 68.4. The summed E-state index contributed by atoms with van der Waals surface area (Å²) in [5.41, 5.74) is 0. The number of carbonyl (C=O) groups is 1. The molecule has 0 spiro atoms. The average molecular weight is 1530 g/mol. The minimum Gasteiger partial charge on any atom is -0.394 e. The molecule has 17 atom stereocenters. The highest BCUT2D eigenvalue weighted by molar-refractivity contribution is 5.76. The van der Waals surface area contributed by atoms with E-state index in [1.54, 1.807) is 6.08 Å². The van der Waals surface area contributed by atoms with Gasteiger partial charge in [0.05, 0.1) is 38.6 Å². The van der Waals surface area contributed by atoms with Crippen LogP contribution in [-0.2, 0) is 33.2 Å². The Balaban J connectivity index is 1.34. The highest BCUT2D eigenvalue weighted by Crippen LogP contribution is 2.33. The molecule has 0 bridgehead atoms. The van der Waals surface area contributed by atoms with Gasteiger partial charge in [-0.2, -0.15) is 0 Å². The summed E-state index contributed by atoms with van der Waals surface area (Å²) in [4.78, 5) is 13.5. The topological polar surface area (TPSA) is 307 Å². The summed E-state index contributed by atoms with van der Waals surface area (Å²) >= 11 is 0. The molecule has 628 valence electrons. The summed E-state index contributed by atoms with van der Waals surface area (Å²) in [6.07, 6.45) is 65.7. The molecule has 0 radical (unpaired) electrons. The molecule has 3 fully saturated rings. The van der Waals surface area contributed by atoms with Crippen molar-refractivity contribution in [3.8, 4) is 0 Å². The molecule has 17 unspecified atom stereocenters. The second-order valence-corrected chi connectivity index (χ2v) is 31.0. The molecule has 108 heavy (non-hydrogen) atoms. The lowest BCUT2D eigenvalue weighted by Crippen LogP contribution is -2.66. The molecular formula is C89H159NO18. The van der Waals surface area contributed by atoms with Crippen LogP contribution < -0.4 is 5.32 Å². The largest absolute Gasteiger partial charge is 0.394 e. The maximum Gasteiger partial charge on any atom is 0.220 e. The van der Waals surface area contributed by atoms with Crippen molar-refractivity contribution < 1.29 is 89.4 Å². The van der Waals surface area contributed by atoms with Crippen molar-refractivity contribution >= 4 is 5.91 Å². The van der Waals surface area contributed by atoms with Crippen LogP contribution in [0.1, 0.15) is 341 Å². The van der Waals surface area contributed by atoms with E-state index in [9.17, 15) is 61.0 Å². The summed E-state index contributed by atoms with van der Waals surface area (Å²) in [7, 11) is 0. The van der Waals surface area contributed by atoms with Gasteiger partial charge in [-0.15, -0.1) is 0 Å². The van der Waals surface area contributed by atoms with Crippen molar-refractivity contribution in [1.82, 2.24) is 5.32 Å². The molecule has 3 rings (SSSR count). The van der Waals surface area contributed by atoms with E-state index in [4.69, 9.17) is 28.4 Å². The van der Waals surface area contributed by atoms with Crippen LogP contribution in [0.25, 0.3) is 0 Å². The fourth-order valence-electron chi connectivity index (χ4n) is 14.5. The number of rotatable bonds is 70. The number of ether oxygens (including phenoxy) is 6. The second-order valence-electron chi connectivity index (χ2n) is 31.0. The van der Waals surface area contributed by atoms with Gasteiger partial charge in [-0.3, -0.25) is 4.79 Å². The molecule has 0 aromatic heterocycles. The Morgan fingerprint density at radius 2 is 0.639 bits per heavy atom. The van der Waals surface area contributed by atoms with Crippen LogP contribution in [0.5, 0.6) is 0 Å². The molecule has 0 aliphatic carbocycles. The maximum atomic E-state index is 13.5. The average Bonchev–Trinajstić information content (AvgIpc) is 0.774. The van der Waals surface area contributed by atoms with Gasteiger partial charge in [0.2, 0.25) is 5.91 Å². The van der Waals surface area contributed by atoms with E-state index in [1.165, 1.54) is 231 Å². The van der Waals surface area contributed by atoms with Crippen molar-refractivity contribution in [1.29, 1.82) is 0 Å². The Morgan fingerprint density at radius 3 is 1.00 bits per heavy atom. The van der Waals surface area contributed by atoms with Gasteiger partial charge >= 0.3 is 0 Å². The van der Waals surface area contributed by atoms with E-state index < -0.39 is 124 Å². The molecular weight excluding hydrogens is 1370 g/mol. The minimum absolute atomic E-state index is 0.241. The Bertz CT molecular complexity index is 2280. The van der Waals surface area contributed by atoms with Gasteiger partial charge in [0.25, 0.3) is 0 Å². The van der Waals surface area contributed by atoms with Crippen molar-refractivity contribution in [3.05, 3.63) is 85.1 Å². The van der Waals surface area contributed by atoms with E-state index in [-0.39, 0.29) is 18.9 Å². The Morgan fingerprint density at radius 1 is 0.343 bits per heavy atom. The predicted molar refractivity (Wildman–Crippen MR) is 434 cm³/mol. The lowest BCUT2D eigenvalue weighted by molar-refractivity contribution is -0.379. The third-order valence-corrected chi connectivity index (χ3v) is 21.4. The molecule has 3 aliphatic rings. The SMILES string of the molecule is CC/C=C\C/C=C\C/C=C\C/C=C\C/C=C\C/C=C\CCCCCCCCCCCCCCCCCCC(=O)NC(COC1OC(CO)C(OC2OC(CO)C(OC3OC(CO)C(O)C(O)C3O)C(O)C2O)C(O)C1O)C(O)/C=C/CCCCCCCCCCCCCCCCCCCCCCCCCCCC. The van der Waals surface area contributed by atoms with Crippen molar-refractivity contribution in [2.45, 2.75) is 446 Å². The van der Waals surface area contributed by atoms with Crippen molar-refractivity contribution in [3.63, 3.8) is 0 Å². The zero-order chi connectivity index (χ0) is 78.1. The molecule has 19 heteroatoms. The van der Waals surface area contributed by atoms with Crippen LogP contribution in [-0.4, -0.2) is 193 Å². The van der Waals surface area contributed by atoms with Crippen LogP contribution in [0.3, 0.4) is 0 Å². The van der Waals surface area contributed by atoms with Gasteiger partial charge in [0.1, 0.15) is 73.2 Å². The molecule has 3 saturated heterocycles. The molecule has 1 amide bonds. The number of unbranched alkanes of at least 4 members (excludes halogenated alkanes) is 42. The third kappa shape index (κ3) is 47.0. The fraction of sp³-hybridized carbons (Fsp3) is 0.831. The monoisotopic (exact) mass is 1530 g/mol. The third-order valence-electron chi connectivity index (χ3n) is 21.4. The van der Waals surface area contributed by atoms with Gasteiger partial charge in [-0.25, -0.2) is 0 Å². The van der Waals surface area contributed by atoms with Gasteiger partial charge < -0.3 is 89.9 Å². The summed E-state index contributed by atoms with van der Waals surface area (Å²) in [6, 6.07) is -0.979. The first-order chi connectivity index (χ1) is 52.8. The van der Waals surface area contributed by atoms with Gasteiger partial charge in [-0.05, 0) is 70.6 Å². The van der Waals surface area contributed by atoms with E-state index in [0.717, 1.165) is 83.5 Å². The number of nitrogens with one attached hydrogen (secondary N) is 1. The molecule has 19 nitrogen and oxygen atoms in total. The summed E-state index contributed by atoms with van der Waals surface area (Å²) < 4.78 is 34.5. The lowest BCUT2D eigenvalue weighted by atomic mass is 9.96. The Hall–Kier alpha value is -3.03. The first kappa shape index (κ1) is 99.2. The Labute approximate surface area is 654 Å². The summed E-state index contributed by atoms with van der Waals surface area (Å²) in [5.74, 6) is -0.273. The first-order valence-corrected chi connectivity index (χ1v) is 43.8. The minimum atomic E-state index is -1.98. The fourth-order valence-corrected chi connectivity index (χ4v) is 14.5. The number of hydrogen-bond acceptors (Lipinski definition) is 18. The molecule has 12 N–H and O–H groups in total. The number of aliphatic hydroxyl groups excluding tert-OH is 11. The van der Waals surface area contributed by atoms with Crippen molar-refractivity contribution in [2.75, 3.05) is 26.4 Å². The van der Waals surface area contributed by atoms with Gasteiger partial charge in [-0.1, -0.05) is 349 Å². The normalized spacial score (nSPS) is 25.8. The number of aliphatic hydroxyl groups is 11. The van der Waals surface area contributed by atoms with E-state index in [1.807, 2.05) is 6.08 Å². The van der Waals surface area contributed by atoms with E-state index >= 15 is 0 Å². The number of allylic oxidation sites excluding steroid dienone is 13. The standard InChI is InChI=1S/C89H159NO18/c1-3-5-7-9-11-13-15-17-19-21-23-25-27-29-31-33-34-35-36-37-38-39-41-43-45-47-49-51-53-55-57-59-61-63-65-67-77(95)90-72(73(94)66-64-62-60-58-56-54-52-50-48-46-44-42-40-32-30-28-26-24-22-20-18-16-14-12-10-8-6-4-2)71-103-87-83(101)80(98)85(75(69-92)105-87)108-89-84(102)81(99)86(76(70-93)106-89)107-88-82(100)79(97)78(96)74(68-91)104-88/h5,7,11,13,17,19,23,25,29,31,34-35,64,66,72-76,78-89,91-94,96-102H,3-4,6,8-10,12,14-16,18,20-22,24,26-28,30,32-33,36-63,65,67-71H2,1-2H3,(H,90,95)/b7-5-,13-11-,19-17-,25-23-,31-29-,35-34-,66-64+. The first-order valence-electron chi connectivity index (χ1n) is 43.8. The zero-order valence-electron chi connectivity index (χ0n) is 67.6. The molecule has 3 aliphatic heterocycles. The van der Waals surface area contributed by atoms with Gasteiger partial charge in [0.15, 0.2) is 18.9 Å². The van der Waals surface area contributed by atoms with E-state index in [2.05, 4.69) is 92.1 Å². The van der Waals surface area contributed by atoms with Crippen LogP contribution in [0.2, 0.25) is 0 Å². The van der Waals surface area contributed by atoms with E-state index in [0.29, 0.717) is 6.42 Å². The maximum absolute atomic E-state index is 13.5. The van der Waals surface area contributed by atoms with Crippen LogP contribution in [0.15, 0.2) is 85.1 Å². The van der Waals surface area contributed by atoms with Crippen LogP contribution >= 0.6 is 0 Å². The summed E-state index contributed by atoms with van der Waals surface area (Å²) in [5, 5.41) is 121. The number of carbonyl (C=O) groups excluding carboxylic acids is 1. The number of hydrogen-bond donors (Lipinski definition) is 12. The predicted octanol–water partition coefficient (Wildman–Crippen LogP) is 16.1. The van der Waals surface area contributed by atoms with Crippen LogP contribution in [0.4, 0.5) is 0 Å². The highest BCUT2D eigenvalue weighted by Gasteiger charge is 2.54. The smallest absolute Gasteiger partial charge is 0.220 e. The molecule has 0 aromatic carbocycles. The molecule has 0 saturated carbocycles. The quantitative estimate of drug-likeness (QED) is 0.0199. The number of amides is 1. The van der Waals surface area contributed by atoms with Crippen molar-refractivity contribution in [2.24, 2.45) is 0 Å². The summed E-state index contributed by atoms with van der Waals surface area (Å²) in [6.45, 7) is 1.67. The molecule has 3 heterocycles. The highest BCUT2D eigenvalue weighted by atomic mass is 16.8. The Kier molecular flexibility index (Phi) is 62.8.